The minimum absolute atomic E-state index is 0.234. The lowest BCUT2D eigenvalue weighted by atomic mass is 10.2. The van der Waals surface area contributed by atoms with Gasteiger partial charge in [-0.3, -0.25) is 20.2 Å². The van der Waals surface area contributed by atoms with Crippen molar-refractivity contribution in [3.8, 4) is 0 Å². The molecule has 0 aromatic rings. The number of halogens is 3. The molecule has 1 heterocycles. The van der Waals surface area contributed by atoms with Crippen LogP contribution in [0.4, 0.5) is 13.2 Å². The van der Waals surface area contributed by atoms with Gasteiger partial charge in [0.15, 0.2) is 0 Å². The summed E-state index contributed by atoms with van der Waals surface area (Å²) in [7, 11) is 0. The molecule has 0 aromatic heterocycles. The molecule has 15 heavy (non-hydrogen) atoms. The number of carbonyl (C=O) groups is 2. The van der Waals surface area contributed by atoms with Gasteiger partial charge in [0.1, 0.15) is 0 Å². The molecular weight excluding hydrogens is 215 g/mol. The van der Waals surface area contributed by atoms with Gasteiger partial charge in [0.25, 0.3) is 0 Å². The highest BCUT2D eigenvalue weighted by Crippen LogP contribution is 2.22. The van der Waals surface area contributed by atoms with Gasteiger partial charge < -0.3 is 0 Å². The van der Waals surface area contributed by atoms with E-state index < -0.39 is 30.5 Å². The normalized spacial score (nSPS) is 18.5. The lowest BCUT2D eigenvalue weighted by molar-refractivity contribution is -0.137. The van der Waals surface area contributed by atoms with E-state index in [1.807, 2.05) is 10.6 Å². The molecule has 1 fully saturated rings. The number of aliphatic imine (C=N–C) groups is 1. The monoisotopic (exact) mass is 223 g/mol. The lowest BCUT2D eigenvalue weighted by Gasteiger charge is -2.10. The van der Waals surface area contributed by atoms with Gasteiger partial charge in [-0.25, -0.2) is 4.99 Å². The summed E-state index contributed by atoms with van der Waals surface area (Å²) in [5.74, 6) is -2.08. The fraction of sp³-hybridized carbons (Fsp3) is 0.571. The average Bonchev–Trinajstić information content (AvgIpc) is 2.26. The van der Waals surface area contributed by atoms with Crippen LogP contribution in [-0.2, 0) is 9.59 Å². The Morgan fingerprint density at radius 1 is 1.27 bits per heavy atom. The molecule has 0 spiro atoms. The second-order valence-corrected chi connectivity index (χ2v) is 3.05. The number of alkyl halides is 3. The van der Waals surface area contributed by atoms with E-state index in [-0.39, 0.29) is 5.96 Å². The SMILES string of the molecule is CC(CC(F)(F)F)N=C1NC(=O)C(=O)N1. The third kappa shape index (κ3) is 3.56. The summed E-state index contributed by atoms with van der Waals surface area (Å²) in [6.45, 7) is 1.23. The zero-order valence-corrected chi connectivity index (χ0v) is 7.68. The topological polar surface area (TPSA) is 70.6 Å². The Hall–Kier alpha value is -1.60. The molecular formula is C7H8F3N3O2. The van der Waals surface area contributed by atoms with Gasteiger partial charge in [0, 0.05) is 0 Å². The smallest absolute Gasteiger partial charge is 0.288 e. The molecule has 84 valence electrons. The van der Waals surface area contributed by atoms with Crippen LogP contribution in [0.25, 0.3) is 0 Å². The summed E-state index contributed by atoms with van der Waals surface area (Å²) in [5.41, 5.74) is 0. The van der Waals surface area contributed by atoms with Crippen molar-refractivity contribution in [3.05, 3.63) is 0 Å². The van der Waals surface area contributed by atoms with Crippen molar-refractivity contribution in [2.45, 2.75) is 25.6 Å². The van der Waals surface area contributed by atoms with Crippen LogP contribution in [0.5, 0.6) is 0 Å². The number of nitrogens with one attached hydrogen (secondary N) is 2. The highest BCUT2D eigenvalue weighted by molar-refractivity contribution is 6.45. The van der Waals surface area contributed by atoms with E-state index in [1.54, 1.807) is 0 Å². The number of amides is 2. The van der Waals surface area contributed by atoms with E-state index in [9.17, 15) is 22.8 Å². The van der Waals surface area contributed by atoms with Crippen LogP contribution in [0.15, 0.2) is 4.99 Å². The molecule has 0 bridgehead atoms. The Balaban J connectivity index is 2.57. The lowest BCUT2D eigenvalue weighted by Crippen LogP contribution is -2.28. The van der Waals surface area contributed by atoms with Crippen LogP contribution >= 0.6 is 0 Å². The van der Waals surface area contributed by atoms with Crippen molar-refractivity contribution < 1.29 is 22.8 Å². The predicted molar refractivity (Wildman–Crippen MR) is 43.9 cm³/mol. The van der Waals surface area contributed by atoms with E-state index in [1.165, 1.54) is 6.92 Å². The molecule has 0 aliphatic carbocycles. The Bertz CT molecular complexity index is 306. The van der Waals surface area contributed by atoms with Crippen LogP contribution in [0, 0.1) is 0 Å². The van der Waals surface area contributed by atoms with Crippen molar-refractivity contribution >= 4 is 17.8 Å². The first-order chi connectivity index (χ1) is 6.78. The molecule has 1 atom stereocenters. The summed E-state index contributed by atoms with van der Waals surface area (Å²) in [4.78, 5) is 24.7. The van der Waals surface area contributed by atoms with Gasteiger partial charge in [-0.05, 0) is 6.92 Å². The third-order valence-corrected chi connectivity index (χ3v) is 1.55. The quantitative estimate of drug-likeness (QED) is 0.643. The standard InChI is InChI=1S/C7H8F3N3O2/c1-3(2-7(8,9)10)11-6-12-4(14)5(15)13-6/h3H,2H2,1H3,(H2,11,12,13,14,15). The zero-order chi connectivity index (χ0) is 11.6. The van der Waals surface area contributed by atoms with Gasteiger partial charge in [-0.2, -0.15) is 13.2 Å². The summed E-state index contributed by atoms with van der Waals surface area (Å²) in [6, 6.07) is -1.06. The molecule has 2 N–H and O–H groups in total. The molecule has 0 aromatic carbocycles. The minimum Gasteiger partial charge on any atom is -0.288 e. The maximum atomic E-state index is 11.9. The van der Waals surface area contributed by atoms with Gasteiger partial charge in [0.2, 0.25) is 5.96 Å². The van der Waals surface area contributed by atoms with E-state index in [4.69, 9.17) is 0 Å². The highest BCUT2D eigenvalue weighted by atomic mass is 19.4. The summed E-state index contributed by atoms with van der Waals surface area (Å²) >= 11 is 0. The molecule has 1 rings (SSSR count). The van der Waals surface area contributed by atoms with Crippen LogP contribution in [0.3, 0.4) is 0 Å². The first-order valence-corrected chi connectivity index (χ1v) is 4.05. The van der Waals surface area contributed by atoms with Gasteiger partial charge >= 0.3 is 18.0 Å². The van der Waals surface area contributed by atoms with Crippen molar-refractivity contribution in [2.75, 3.05) is 0 Å². The fourth-order valence-corrected chi connectivity index (χ4v) is 1.03. The summed E-state index contributed by atoms with van der Waals surface area (Å²) < 4.78 is 35.7. The summed E-state index contributed by atoms with van der Waals surface area (Å²) in [5, 5.41) is 4.01. The number of rotatable bonds is 2. The summed E-state index contributed by atoms with van der Waals surface area (Å²) in [6.07, 6.45) is -5.43. The number of hydrogen-bond acceptors (Lipinski definition) is 3. The molecule has 2 amide bonds. The van der Waals surface area contributed by atoms with Crippen molar-refractivity contribution in [2.24, 2.45) is 4.99 Å². The van der Waals surface area contributed by atoms with E-state index >= 15 is 0 Å². The molecule has 5 nitrogen and oxygen atoms in total. The number of carbonyl (C=O) groups excluding carboxylic acids is 2. The van der Waals surface area contributed by atoms with Gasteiger partial charge in [0.05, 0.1) is 12.5 Å². The minimum atomic E-state index is -4.32. The maximum Gasteiger partial charge on any atom is 0.391 e. The average molecular weight is 223 g/mol. The Kier molecular flexibility index (Phi) is 2.96. The zero-order valence-electron chi connectivity index (χ0n) is 7.68. The van der Waals surface area contributed by atoms with Crippen LogP contribution in [-0.4, -0.2) is 30.0 Å². The number of guanidine groups is 1. The fourth-order valence-electron chi connectivity index (χ4n) is 1.03. The Morgan fingerprint density at radius 2 is 1.73 bits per heavy atom. The molecule has 1 aliphatic rings. The van der Waals surface area contributed by atoms with Gasteiger partial charge in [-0.15, -0.1) is 0 Å². The third-order valence-electron chi connectivity index (χ3n) is 1.55. The van der Waals surface area contributed by atoms with E-state index in [0.29, 0.717) is 0 Å². The second-order valence-electron chi connectivity index (χ2n) is 3.05. The Morgan fingerprint density at radius 3 is 2.13 bits per heavy atom. The molecule has 1 aliphatic heterocycles. The largest absolute Gasteiger partial charge is 0.391 e. The van der Waals surface area contributed by atoms with Crippen LogP contribution < -0.4 is 10.6 Å². The van der Waals surface area contributed by atoms with Crippen molar-refractivity contribution in [3.63, 3.8) is 0 Å². The van der Waals surface area contributed by atoms with Gasteiger partial charge in [-0.1, -0.05) is 0 Å². The first-order valence-electron chi connectivity index (χ1n) is 4.05. The first kappa shape index (κ1) is 11.5. The molecule has 1 saturated heterocycles. The maximum absolute atomic E-state index is 11.9. The van der Waals surface area contributed by atoms with Crippen LogP contribution in [0.1, 0.15) is 13.3 Å². The number of hydrogen-bond donors (Lipinski definition) is 2. The molecule has 8 heteroatoms. The van der Waals surface area contributed by atoms with Crippen LogP contribution in [0.2, 0.25) is 0 Å². The molecule has 1 unspecified atom stereocenters. The van der Waals surface area contributed by atoms with E-state index in [0.717, 1.165) is 0 Å². The van der Waals surface area contributed by atoms with Crippen molar-refractivity contribution in [1.82, 2.24) is 10.6 Å². The highest BCUT2D eigenvalue weighted by Gasteiger charge is 2.31. The van der Waals surface area contributed by atoms with Crippen molar-refractivity contribution in [1.29, 1.82) is 0 Å². The van der Waals surface area contributed by atoms with E-state index in [2.05, 4.69) is 4.99 Å². The second kappa shape index (κ2) is 3.87. The predicted octanol–water partition coefficient (Wildman–Crippen LogP) is -0.0707. The Labute approximate surface area is 82.7 Å². The number of nitrogens with zero attached hydrogens (tertiary/aromatic N) is 1. The molecule has 0 radical (unpaired) electrons. The molecule has 0 saturated carbocycles.